The second-order valence-electron chi connectivity index (χ2n) is 5.80. The van der Waals surface area contributed by atoms with E-state index < -0.39 is 11.9 Å². The van der Waals surface area contributed by atoms with Gasteiger partial charge in [0.15, 0.2) is 5.69 Å². The maximum Gasteiger partial charge on any atom is 0.433 e. The van der Waals surface area contributed by atoms with Crippen molar-refractivity contribution >= 4 is 11.8 Å². The van der Waals surface area contributed by atoms with E-state index in [1.54, 1.807) is 6.92 Å². The molecule has 7 heteroatoms. The Morgan fingerprint density at radius 1 is 1.35 bits per heavy atom. The van der Waals surface area contributed by atoms with E-state index in [0.29, 0.717) is 25.5 Å². The zero-order chi connectivity index (χ0) is 15.0. The van der Waals surface area contributed by atoms with E-state index in [4.69, 9.17) is 0 Å². The molecule has 1 N–H and O–H groups in total. The van der Waals surface area contributed by atoms with Gasteiger partial charge in [-0.2, -0.15) is 18.2 Å². The summed E-state index contributed by atoms with van der Waals surface area (Å²) in [5, 5.41) is 2.76. The number of aromatic nitrogens is 2. The maximum atomic E-state index is 12.9. The normalized spacial score (nSPS) is 18.4. The fourth-order valence-electron chi connectivity index (χ4n) is 2.29. The first kappa shape index (κ1) is 14.9. The number of hydrogen-bond donors (Lipinski definition) is 1. The van der Waals surface area contributed by atoms with Gasteiger partial charge in [-0.3, -0.25) is 0 Å². The molecule has 0 saturated carbocycles. The molecule has 2 rings (SSSR count). The van der Waals surface area contributed by atoms with E-state index in [-0.39, 0.29) is 11.4 Å². The van der Waals surface area contributed by atoms with Crippen molar-refractivity contribution in [2.24, 2.45) is 5.41 Å². The second kappa shape index (κ2) is 5.10. The quantitative estimate of drug-likeness (QED) is 0.927. The fourth-order valence-corrected chi connectivity index (χ4v) is 2.29. The Labute approximate surface area is 116 Å². The van der Waals surface area contributed by atoms with Crippen molar-refractivity contribution < 1.29 is 13.2 Å². The molecule has 0 aromatic carbocycles. The first-order valence-electron chi connectivity index (χ1n) is 6.66. The second-order valence-corrected chi connectivity index (χ2v) is 5.80. The number of alkyl halides is 3. The van der Waals surface area contributed by atoms with E-state index in [1.165, 1.54) is 0 Å². The Hall–Kier alpha value is -1.53. The molecule has 1 saturated heterocycles. The van der Waals surface area contributed by atoms with Crippen LogP contribution in [0.15, 0.2) is 6.07 Å². The third-order valence-corrected chi connectivity index (χ3v) is 3.34. The number of nitrogens with one attached hydrogen (secondary N) is 1. The smallest absolute Gasteiger partial charge is 0.356 e. The highest BCUT2D eigenvalue weighted by Gasteiger charge is 2.36. The minimum atomic E-state index is -4.46. The van der Waals surface area contributed by atoms with Gasteiger partial charge in [-0.25, -0.2) is 4.98 Å². The molecule has 20 heavy (non-hydrogen) atoms. The van der Waals surface area contributed by atoms with Crippen molar-refractivity contribution in [1.29, 1.82) is 0 Å². The highest BCUT2D eigenvalue weighted by atomic mass is 19.4. The summed E-state index contributed by atoms with van der Waals surface area (Å²) in [6.45, 7) is 7.89. The van der Waals surface area contributed by atoms with Crippen LogP contribution in [-0.2, 0) is 6.18 Å². The van der Waals surface area contributed by atoms with Gasteiger partial charge in [0.1, 0.15) is 5.82 Å². The Kier molecular flexibility index (Phi) is 3.80. The average molecular weight is 288 g/mol. The van der Waals surface area contributed by atoms with Crippen molar-refractivity contribution in [2.75, 3.05) is 29.9 Å². The van der Waals surface area contributed by atoms with Gasteiger partial charge in [0.05, 0.1) is 0 Å². The number of hydrogen-bond acceptors (Lipinski definition) is 4. The molecule has 0 amide bonds. The van der Waals surface area contributed by atoms with E-state index in [9.17, 15) is 13.2 Å². The minimum Gasteiger partial charge on any atom is -0.356 e. The fraction of sp³-hybridized carbons (Fsp3) is 0.692. The number of nitrogens with zero attached hydrogens (tertiary/aromatic N) is 3. The highest BCUT2D eigenvalue weighted by molar-refractivity contribution is 5.46. The number of halogens is 3. The monoisotopic (exact) mass is 288 g/mol. The summed E-state index contributed by atoms with van der Waals surface area (Å²) in [6.07, 6.45) is -3.52. The first-order chi connectivity index (χ1) is 9.21. The van der Waals surface area contributed by atoms with Crippen LogP contribution in [-0.4, -0.2) is 29.6 Å². The van der Waals surface area contributed by atoms with Gasteiger partial charge in [0, 0.05) is 25.7 Å². The molecule has 1 aromatic rings. The van der Waals surface area contributed by atoms with Gasteiger partial charge in [0.25, 0.3) is 0 Å². The number of anilines is 2. The van der Waals surface area contributed by atoms with Crippen LogP contribution in [0.25, 0.3) is 0 Å². The number of rotatable bonds is 3. The molecule has 0 unspecified atom stereocenters. The topological polar surface area (TPSA) is 41.1 Å². The van der Waals surface area contributed by atoms with Crippen LogP contribution in [0.1, 0.15) is 32.9 Å². The summed E-state index contributed by atoms with van der Waals surface area (Å²) in [6, 6.07) is 1.03. The van der Waals surface area contributed by atoms with Gasteiger partial charge in [0.2, 0.25) is 5.95 Å². The molecule has 0 spiro atoms. The third kappa shape index (κ3) is 3.32. The lowest BCUT2D eigenvalue weighted by Gasteiger charge is -2.22. The molecule has 4 nitrogen and oxygen atoms in total. The summed E-state index contributed by atoms with van der Waals surface area (Å²) in [5.41, 5.74) is -0.801. The van der Waals surface area contributed by atoms with Crippen LogP contribution in [0.4, 0.5) is 24.9 Å². The van der Waals surface area contributed by atoms with E-state index in [0.717, 1.165) is 12.5 Å². The standard InChI is InChI=1S/C13H19F3N4/c1-4-17-11-18-9(13(14,15)16)7-10(19-11)20-6-5-12(2,3)8-20/h7H,4-6,8H2,1-3H3,(H,17,18,19). The molecule has 1 fully saturated rings. The lowest BCUT2D eigenvalue weighted by atomic mass is 9.93. The van der Waals surface area contributed by atoms with Crippen molar-refractivity contribution in [1.82, 2.24) is 9.97 Å². The molecule has 0 atom stereocenters. The molecule has 1 aromatic heterocycles. The third-order valence-electron chi connectivity index (χ3n) is 3.34. The lowest BCUT2D eigenvalue weighted by molar-refractivity contribution is -0.141. The van der Waals surface area contributed by atoms with Gasteiger partial charge >= 0.3 is 6.18 Å². The Morgan fingerprint density at radius 2 is 2.05 bits per heavy atom. The Morgan fingerprint density at radius 3 is 2.55 bits per heavy atom. The molecule has 0 bridgehead atoms. The van der Waals surface area contributed by atoms with Crippen LogP contribution in [0.2, 0.25) is 0 Å². The van der Waals surface area contributed by atoms with E-state index >= 15 is 0 Å². The van der Waals surface area contributed by atoms with Crippen LogP contribution < -0.4 is 10.2 Å². The van der Waals surface area contributed by atoms with Crippen molar-refractivity contribution in [3.05, 3.63) is 11.8 Å². The largest absolute Gasteiger partial charge is 0.433 e. The molecule has 112 valence electrons. The van der Waals surface area contributed by atoms with Gasteiger partial charge < -0.3 is 10.2 Å². The summed E-state index contributed by atoms with van der Waals surface area (Å²) in [4.78, 5) is 9.60. The highest BCUT2D eigenvalue weighted by Crippen LogP contribution is 2.35. The molecule has 1 aliphatic rings. The SMILES string of the molecule is CCNc1nc(N2CCC(C)(C)C2)cc(C(F)(F)F)n1. The molecule has 1 aliphatic heterocycles. The summed E-state index contributed by atoms with van der Waals surface area (Å²) >= 11 is 0. The Bertz CT molecular complexity index is 485. The van der Waals surface area contributed by atoms with Crippen LogP contribution in [0.5, 0.6) is 0 Å². The van der Waals surface area contributed by atoms with Crippen molar-refractivity contribution in [2.45, 2.75) is 33.4 Å². The van der Waals surface area contributed by atoms with Crippen LogP contribution >= 0.6 is 0 Å². The summed E-state index contributed by atoms with van der Waals surface area (Å²) in [5.74, 6) is 0.371. The zero-order valence-electron chi connectivity index (χ0n) is 11.9. The van der Waals surface area contributed by atoms with Gasteiger partial charge in [-0.1, -0.05) is 13.8 Å². The first-order valence-corrected chi connectivity index (χ1v) is 6.66. The van der Waals surface area contributed by atoms with E-state index in [2.05, 4.69) is 29.1 Å². The van der Waals surface area contributed by atoms with Gasteiger partial charge in [-0.15, -0.1) is 0 Å². The molecule has 0 radical (unpaired) electrons. The van der Waals surface area contributed by atoms with Crippen molar-refractivity contribution in [3.63, 3.8) is 0 Å². The molecular weight excluding hydrogens is 269 g/mol. The minimum absolute atomic E-state index is 0.0297. The van der Waals surface area contributed by atoms with Crippen LogP contribution in [0.3, 0.4) is 0 Å². The maximum absolute atomic E-state index is 12.9. The van der Waals surface area contributed by atoms with E-state index in [1.807, 2.05) is 4.90 Å². The summed E-state index contributed by atoms with van der Waals surface area (Å²) in [7, 11) is 0. The van der Waals surface area contributed by atoms with Crippen LogP contribution in [0, 0.1) is 5.41 Å². The molecule has 0 aliphatic carbocycles. The molecular formula is C13H19F3N4. The predicted octanol–water partition coefficient (Wildman–Crippen LogP) is 3.16. The summed E-state index contributed by atoms with van der Waals surface area (Å²) < 4.78 is 38.7. The van der Waals surface area contributed by atoms with Crippen molar-refractivity contribution in [3.8, 4) is 0 Å². The lowest BCUT2D eigenvalue weighted by Crippen LogP contribution is -2.25. The Balaban J connectivity index is 2.35. The predicted molar refractivity (Wildman–Crippen MR) is 71.8 cm³/mol. The molecule has 2 heterocycles. The zero-order valence-corrected chi connectivity index (χ0v) is 11.9. The van der Waals surface area contributed by atoms with Gasteiger partial charge in [-0.05, 0) is 18.8 Å². The average Bonchev–Trinajstić information content (AvgIpc) is 2.69.